The standard InChI is InChI=1S/C23H24BrN3O7/c1-13-8-16(5-6-17(13)24)25-20(28)12-34-23(31)15-10-21(29)27(11-15)26-22(30)14-4-7-18(32-2)19(9-14)33-3/h4-9,15H,10-12H2,1-3H3,(H,25,28)(H,26,30)/t15-/m1/s1. The van der Waals surface area contributed by atoms with Gasteiger partial charge < -0.3 is 19.5 Å². The van der Waals surface area contributed by atoms with Gasteiger partial charge in [0.05, 0.1) is 26.7 Å². The number of nitrogens with zero attached hydrogens (tertiary/aromatic N) is 1. The van der Waals surface area contributed by atoms with Gasteiger partial charge in [0.25, 0.3) is 11.8 Å². The third kappa shape index (κ3) is 6.04. The number of methoxy groups -OCH3 is 2. The Bertz CT molecular complexity index is 1120. The fourth-order valence-corrected chi connectivity index (χ4v) is 3.56. The second-order valence-electron chi connectivity index (χ2n) is 7.54. The van der Waals surface area contributed by atoms with E-state index in [1.807, 2.05) is 6.92 Å². The number of esters is 1. The first-order valence-electron chi connectivity index (χ1n) is 10.3. The maximum atomic E-state index is 12.6. The molecule has 10 nitrogen and oxygen atoms in total. The van der Waals surface area contributed by atoms with Crippen LogP contribution in [0.2, 0.25) is 0 Å². The number of aryl methyl sites for hydroxylation is 1. The van der Waals surface area contributed by atoms with Crippen LogP contribution in [0, 0.1) is 12.8 Å². The fourth-order valence-electron chi connectivity index (χ4n) is 3.31. The second-order valence-corrected chi connectivity index (χ2v) is 8.39. The smallest absolute Gasteiger partial charge is 0.311 e. The molecule has 1 saturated heterocycles. The fraction of sp³-hybridized carbons (Fsp3) is 0.304. The van der Waals surface area contributed by atoms with Crippen LogP contribution in [-0.2, 0) is 19.1 Å². The molecule has 11 heteroatoms. The van der Waals surface area contributed by atoms with Gasteiger partial charge in [0.1, 0.15) is 0 Å². The zero-order valence-electron chi connectivity index (χ0n) is 18.8. The number of hydrazine groups is 1. The molecule has 0 aromatic heterocycles. The molecule has 2 aromatic carbocycles. The molecule has 180 valence electrons. The van der Waals surface area contributed by atoms with E-state index in [4.69, 9.17) is 14.2 Å². The van der Waals surface area contributed by atoms with Crippen LogP contribution in [0.15, 0.2) is 40.9 Å². The lowest BCUT2D eigenvalue weighted by Gasteiger charge is -2.18. The first-order chi connectivity index (χ1) is 16.2. The SMILES string of the molecule is COc1ccc(C(=O)NN2C[C@H](C(=O)OCC(=O)Nc3ccc(Br)c(C)c3)CC2=O)cc1OC. The lowest BCUT2D eigenvalue weighted by molar-refractivity contribution is -0.151. The summed E-state index contributed by atoms with van der Waals surface area (Å²) in [7, 11) is 2.92. The lowest BCUT2D eigenvalue weighted by Crippen LogP contribution is -2.43. The average molecular weight is 534 g/mol. The predicted molar refractivity (Wildman–Crippen MR) is 125 cm³/mol. The van der Waals surface area contributed by atoms with Crippen LogP contribution < -0.4 is 20.2 Å². The topological polar surface area (TPSA) is 123 Å². The van der Waals surface area contributed by atoms with Gasteiger partial charge >= 0.3 is 5.97 Å². The van der Waals surface area contributed by atoms with Gasteiger partial charge in [-0.15, -0.1) is 0 Å². The minimum absolute atomic E-state index is 0.0653. The quantitative estimate of drug-likeness (QED) is 0.499. The van der Waals surface area contributed by atoms with Crippen LogP contribution in [0.4, 0.5) is 5.69 Å². The Morgan fingerprint density at radius 3 is 2.50 bits per heavy atom. The molecule has 3 amide bonds. The van der Waals surface area contributed by atoms with Crippen LogP contribution >= 0.6 is 15.9 Å². The summed E-state index contributed by atoms with van der Waals surface area (Å²) >= 11 is 3.38. The number of ether oxygens (including phenoxy) is 3. The molecule has 0 bridgehead atoms. The minimum Gasteiger partial charge on any atom is -0.493 e. The number of amides is 3. The predicted octanol–water partition coefficient (Wildman–Crippen LogP) is 2.45. The molecule has 1 atom stereocenters. The third-order valence-electron chi connectivity index (χ3n) is 5.13. The summed E-state index contributed by atoms with van der Waals surface area (Å²) in [4.78, 5) is 49.3. The zero-order valence-corrected chi connectivity index (χ0v) is 20.4. The van der Waals surface area contributed by atoms with Crippen molar-refractivity contribution in [2.75, 3.05) is 32.7 Å². The largest absolute Gasteiger partial charge is 0.493 e. The highest BCUT2D eigenvalue weighted by molar-refractivity contribution is 9.10. The molecule has 1 aliphatic heterocycles. The van der Waals surface area contributed by atoms with E-state index in [0.29, 0.717) is 17.2 Å². The van der Waals surface area contributed by atoms with Gasteiger partial charge in [0, 0.05) is 22.1 Å². The number of halogens is 1. The molecule has 2 aromatic rings. The van der Waals surface area contributed by atoms with Crippen LogP contribution in [-0.4, -0.2) is 56.1 Å². The molecule has 1 fully saturated rings. The summed E-state index contributed by atoms with van der Waals surface area (Å²) in [6, 6.07) is 9.86. The van der Waals surface area contributed by atoms with E-state index in [2.05, 4.69) is 26.7 Å². The van der Waals surface area contributed by atoms with E-state index in [-0.39, 0.29) is 18.5 Å². The van der Waals surface area contributed by atoms with E-state index in [0.717, 1.165) is 15.0 Å². The highest BCUT2D eigenvalue weighted by Crippen LogP contribution is 2.28. The van der Waals surface area contributed by atoms with Crippen molar-refractivity contribution in [2.24, 2.45) is 5.92 Å². The molecular formula is C23H24BrN3O7. The molecule has 3 rings (SSSR count). The van der Waals surface area contributed by atoms with Gasteiger partial charge in [-0.2, -0.15) is 0 Å². The van der Waals surface area contributed by atoms with Gasteiger partial charge in [-0.25, -0.2) is 0 Å². The van der Waals surface area contributed by atoms with Crippen LogP contribution in [0.3, 0.4) is 0 Å². The number of carbonyl (C=O) groups is 4. The minimum atomic E-state index is -0.805. The molecule has 0 saturated carbocycles. The van der Waals surface area contributed by atoms with Crippen molar-refractivity contribution in [3.05, 3.63) is 52.0 Å². The number of rotatable bonds is 8. The molecular weight excluding hydrogens is 510 g/mol. The number of carbonyl (C=O) groups excluding carboxylic acids is 4. The van der Waals surface area contributed by atoms with Crippen molar-refractivity contribution in [1.29, 1.82) is 0 Å². The van der Waals surface area contributed by atoms with Crippen molar-refractivity contribution < 1.29 is 33.4 Å². The zero-order chi connectivity index (χ0) is 24.8. The lowest BCUT2D eigenvalue weighted by atomic mass is 10.1. The van der Waals surface area contributed by atoms with Gasteiger partial charge in [-0.3, -0.25) is 29.6 Å². The van der Waals surface area contributed by atoms with Crippen molar-refractivity contribution in [3.63, 3.8) is 0 Å². The molecule has 0 radical (unpaired) electrons. The summed E-state index contributed by atoms with van der Waals surface area (Å²) in [5, 5.41) is 3.71. The molecule has 1 aliphatic rings. The van der Waals surface area contributed by atoms with Gasteiger partial charge in [0.15, 0.2) is 18.1 Å². The van der Waals surface area contributed by atoms with Gasteiger partial charge in [-0.1, -0.05) is 15.9 Å². The Hall–Kier alpha value is -3.60. The summed E-state index contributed by atoms with van der Waals surface area (Å²) in [5.41, 5.74) is 4.24. The molecule has 0 aliphatic carbocycles. The Balaban J connectivity index is 1.51. The third-order valence-corrected chi connectivity index (χ3v) is 6.02. The molecule has 1 heterocycles. The Morgan fingerprint density at radius 1 is 1.09 bits per heavy atom. The van der Waals surface area contributed by atoms with Crippen LogP contribution in [0.25, 0.3) is 0 Å². The number of hydrogen-bond donors (Lipinski definition) is 2. The van der Waals surface area contributed by atoms with Gasteiger partial charge in [0.2, 0.25) is 5.91 Å². The van der Waals surface area contributed by atoms with Crippen molar-refractivity contribution in [2.45, 2.75) is 13.3 Å². The average Bonchev–Trinajstić information content (AvgIpc) is 3.19. The van der Waals surface area contributed by atoms with E-state index < -0.39 is 36.2 Å². The molecule has 34 heavy (non-hydrogen) atoms. The number of hydrogen-bond acceptors (Lipinski definition) is 7. The maximum Gasteiger partial charge on any atom is 0.311 e. The number of nitrogens with one attached hydrogen (secondary N) is 2. The summed E-state index contributed by atoms with van der Waals surface area (Å²) in [6.45, 7) is 1.33. The molecule has 0 spiro atoms. The summed E-state index contributed by atoms with van der Waals surface area (Å²) < 4.78 is 16.3. The van der Waals surface area contributed by atoms with E-state index >= 15 is 0 Å². The van der Waals surface area contributed by atoms with Crippen molar-refractivity contribution >= 4 is 45.3 Å². The monoisotopic (exact) mass is 533 g/mol. The second kappa shape index (κ2) is 11.0. The molecule has 0 unspecified atom stereocenters. The summed E-state index contributed by atoms with van der Waals surface area (Å²) in [6.07, 6.45) is -0.140. The van der Waals surface area contributed by atoms with Crippen LogP contribution in [0.5, 0.6) is 11.5 Å². The van der Waals surface area contributed by atoms with E-state index in [1.54, 1.807) is 24.3 Å². The number of anilines is 1. The van der Waals surface area contributed by atoms with Gasteiger partial charge in [-0.05, 0) is 48.9 Å². The maximum absolute atomic E-state index is 12.6. The highest BCUT2D eigenvalue weighted by Gasteiger charge is 2.36. The highest BCUT2D eigenvalue weighted by atomic mass is 79.9. The van der Waals surface area contributed by atoms with Crippen molar-refractivity contribution in [3.8, 4) is 11.5 Å². The number of benzene rings is 2. The first kappa shape index (κ1) is 25.0. The first-order valence-corrected chi connectivity index (χ1v) is 11.1. The van der Waals surface area contributed by atoms with Crippen molar-refractivity contribution in [1.82, 2.24) is 10.4 Å². The van der Waals surface area contributed by atoms with Crippen LogP contribution in [0.1, 0.15) is 22.3 Å². The van der Waals surface area contributed by atoms with E-state index in [9.17, 15) is 19.2 Å². The Morgan fingerprint density at radius 2 is 1.82 bits per heavy atom. The summed E-state index contributed by atoms with van der Waals surface area (Å²) in [5.74, 6) is -2.17. The molecule has 2 N–H and O–H groups in total. The van der Waals surface area contributed by atoms with E-state index in [1.165, 1.54) is 26.4 Å². The normalized spacial score (nSPS) is 15.0. The Labute approximate surface area is 204 Å². The Kier molecular flexibility index (Phi) is 8.11.